The molecule has 15 heavy (non-hydrogen) atoms. The summed E-state index contributed by atoms with van der Waals surface area (Å²) in [5.41, 5.74) is 0.989. The third kappa shape index (κ3) is 1.83. The quantitative estimate of drug-likeness (QED) is 0.703. The van der Waals surface area contributed by atoms with E-state index in [1.807, 2.05) is 30.3 Å². The molecule has 0 aliphatic carbocycles. The van der Waals surface area contributed by atoms with Crippen LogP contribution in [-0.4, -0.2) is 23.0 Å². The molecule has 1 saturated heterocycles. The molecule has 0 spiro atoms. The number of amides is 1. The summed E-state index contributed by atoms with van der Waals surface area (Å²) in [4.78, 5) is 21.9. The van der Waals surface area contributed by atoms with Gasteiger partial charge in [-0.2, -0.15) is 0 Å². The Morgan fingerprint density at radius 2 is 2.00 bits per heavy atom. The molecular formula is C11H11NO3. The second kappa shape index (κ2) is 3.73. The van der Waals surface area contributed by atoms with E-state index in [2.05, 4.69) is 5.32 Å². The zero-order valence-electron chi connectivity index (χ0n) is 8.01. The van der Waals surface area contributed by atoms with Crippen LogP contribution in [0, 0.1) is 5.92 Å². The largest absolute Gasteiger partial charge is 0.480 e. The number of carboxylic acid groups (broad SMARTS) is 1. The van der Waals surface area contributed by atoms with Crippen LogP contribution < -0.4 is 5.32 Å². The number of hydrogen-bond donors (Lipinski definition) is 2. The molecule has 2 atom stereocenters. The minimum Gasteiger partial charge on any atom is -0.480 e. The standard InChI is InChI=1S/C11H11NO3/c13-10-8(9(12-10)11(14)15)6-7-4-2-1-3-5-7/h1-5,8-9H,6H2,(H,12,13)(H,14,15)/t8-,9-/m0/s1. The molecule has 0 bridgehead atoms. The molecule has 78 valence electrons. The van der Waals surface area contributed by atoms with E-state index in [1.165, 1.54) is 0 Å². The summed E-state index contributed by atoms with van der Waals surface area (Å²) in [6.45, 7) is 0. The van der Waals surface area contributed by atoms with Crippen molar-refractivity contribution in [3.8, 4) is 0 Å². The van der Waals surface area contributed by atoms with Crippen molar-refractivity contribution >= 4 is 11.9 Å². The monoisotopic (exact) mass is 205 g/mol. The van der Waals surface area contributed by atoms with Crippen LogP contribution in [-0.2, 0) is 16.0 Å². The van der Waals surface area contributed by atoms with E-state index in [0.29, 0.717) is 6.42 Å². The van der Waals surface area contributed by atoms with E-state index in [9.17, 15) is 9.59 Å². The highest BCUT2D eigenvalue weighted by Gasteiger charge is 2.43. The maximum absolute atomic E-state index is 11.2. The van der Waals surface area contributed by atoms with Gasteiger partial charge in [0.15, 0.2) is 0 Å². The predicted molar refractivity (Wildman–Crippen MR) is 53.2 cm³/mol. The SMILES string of the molecule is O=C1N[C@H](C(=O)O)[C@@H]1Cc1ccccc1. The first-order valence-electron chi connectivity index (χ1n) is 4.75. The summed E-state index contributed by atoms with van der Waals surface area (Å²) in [5, 5.41) is 11.2. The number of carbonyl (C=O) groups excluding carboxylic acids is 1. The number of benzene rings is 1. The Labute approximate surface area is 86.9 Å². The molecule has 4 nitrogen and oxygen atoms in total. The van der Waals surface area contributed by atoms with Crippen LogP contribution in [0.3, 0.4) is 0 Å². The van der Waals surface area contributed by atoms with Crippen molar-refractivity contribution < 1.29 is 14.7 Å². The van der Waals surface area contributed by atoms with Crippen LogP contribution in [0.25, 0.3) is 0 Å². The third-order valence-electron chi connectivity index (χ3n) is 2.60. The third-order valence-corrected chi connectivity index (χ3v) is 2.60. The van der Waals surface area contributed by atoms with Crippen LogP contribution in [0.2, 0.25) is 0 Å². The van der Waals surface area contributed by atoms with Crippen molar-refractivity contribution in [2.24, 2.45) is 5.92 Å². The summed E-state index contributed by atoms with van der Waals surface area (Å²) in [6.07, 6.45) is 0.490. The maximum Gasteiger partial charge on any atom is 0.327 e. The second-order valence-electron chi connectivity index (χ2n) is 3.62. The van der Waals surface area contributed by atoms with Gasteiger partial charge in [-0.05, 0) is 12.0 Å². The van der Waals surface area contributed by atoms with Gasteiger partial charge in [-0.25, -0.2) is 4.79 Å². The average molecular weight is 205 g/mol. The Balaban J connectivity index is 2.06. The number of carbonyl (C=O) groups is 2. The molecule has 1 aromatic rings. The highest BCUT2D eigenvalue weighted by atomic mass is 16.4. The fraction of sp³-hybridized carbons (Fsp3) is 0.273. The summed E-state index contributed by atoms with van der Waals surface area (Å²) >= 11 is 0. The Morgan fingerprint density at radius 3 is 2.53 bits per heavy atom. The van der Waals surface area contributed by atoms with Crippen molar-refractivity contribution in [1.82, 2.24) is 5.32 Å². The highest BCUT2D eigenvalue weighted by Crippen LogP contribution is 2.20. The average Bonchev–Trinajstić information content (AvgIpc) is 2.23. The van der Waals surface area contributed by atoms with Crippen molar-refractivity contribution in [2.45, 2.75) is 12.5 Å². The summed E-state index contributed by atoms with van der Waals surface area (Å²) in [7, 11) is 0. The van der Waals surface area contributed by atoms with Gasteiger partial charge in [0.05, 0.1) is 5.92 Å². The number of carboxylic acids is 1. The normalized spacial score (nSPS) is 24.1. The Morgan fingerprint density at radius 1 is 1.33 bits per heavy atom. The summed E-state index contributed by atoms with van der Waals surface area (Å²) < 4.78 is 0. The van der Waals surface area contributed by atoms with E-state index in [0.717, 1.165) is 5.56 Å². The maximum atomic E-state index is 11.2. The molecule has 0 radical (unpaired) electrons. The van der Waals surface area contributed by atoms with Crippen LogP contribution >= 0.6 is 0 Å². The Bertz CT molecular complexity index is 388. The zero-order valence-corrected chi connectivity index (χ0v) is 8.01. The van der Waals surface area contributed by atoms with Gasteiger partial charge < -0.3 is 10.4 Å². The predicted octanol–water partition coefficient (Wildman–Crippen LogP) is 0.428. The molecule has 1 aliphatic heterocycles. The molecule has 2 rings (SSSR count). The van der Waals surface area contributed by atoms with E-state index in [4.69, 9.17) is 5.11 Å². The molecule has 1 heterocycles. The molecule has 1 fully saturated rings. The molecule has 2 N–H and O–H groups in total. The van der Waals surface area contributed by atoms with Crippen molar-refractivity contribution in [3.63, 3.8) is 0 Å². The van der Waals surface area contributed by atoms with Crippen molar-refractivity contribution in [1.29, 1.82) is 0 Å². The molecular weight excluding hydrogens is 194 g/mol. The minimum atomic E-state index is -0.962. The molecule has 4 heteroatoms. The topological polar surface area (TPSA) is 66.4 Å². The molecule has 0 aromatic heterocycles. The fourth-order valence-electron chi connectivity index (χ4n) is 1.73. The van der Waals surface area contributed by atoms with E-state index >= 15 is 0 Å². The number of rotatable bonds is 3. The van der Waals surface area contributed by atoms with E-state index in [-0.39, 0.29) is 5.91 Å². The van der Waals surface area contributed by atoms with E-state index < -0.39 is 17.9 Å². The van der Waals surface area contributed by atoms with Gasteiger partial charge in [0, 0.05) is 0 Å². The molecule has 0 saturated carbocycles. The van der Waals surface area contributed by atoms with Gasteiger partial charge in [0.25, 0.3) is 0 Å². The first-order chi connectivity index (χ1) is 7.18. The van der Waals surface area contributed by atoms with Crippen LogP contribution in [0.1, 0.15) is 5.56 Å². The van der Waals surface area contributed by atoms with Gasteiger partial charge in [0.1, 0.15) is 6.04 Å². The van der Waals surface area contributed by atoms with Crippen LogP contribution in [0.5, 0.6) is 0 Å². The first-order valence-corrected chi connectivity index (χ1v) is 4.75. The summed E-state index contributed by atoms with van der Waals surface area (Å²) in [6, 6.07) is 8.70. The van der Waals surface area contributed by atoms with E-state index in [1.54, 1.807) is 0 Å². The van der Waals surface area contributed by atoms with Gasteiger partial charge in [-0.3, -0.25) is 4.79 Å². The number of nitrogens with one attached hydrogen (secondary N) is 1. The van der Waals surface area contributed by atoms with Crippen LogP contribution in [0.15, 0.2) is 30.3 Å². The van der Waals surface area contributed by atoms with Crippen LogP contribution in [0.4, 0.5) is 0 Å². The minimum absolute atomic E-state index is 0.175. The molecule has 1 amide bonds. The fourth-order valence-corrected chi connectivity index (χ4v) is 1.73. The molecule has 1 aromatic carbocycles. The second-order valence-corrected chi connectivity index (χ2v) is 3.62. The molecule has 1 aliphatic rings. The Hall–Kier alpha value is -1.84. The summed E-state index contributed by atoms with van der Waals surface area (Å²) in [5.74, 6) is -1.56. The lowest BCUT2D eigenvalue weighted by molar-refractivity contribution is -0.153. The van der Waals surface area contributed by atoms with Gasteiger partial charge in [0.2, 0.25) is 5.91 Å². The lowest BCUT2D eigenvalue weighted by Crippen LogP contribution is -2.62. The van der Waals surface area contributed by atoms with Gasteiger partial charge in [-0.15, -0.1) is 0 Å². The first kappa shape index (κ1) is 9.71. The van der Waals surface area contributed by atoms with Crippen molar-refractivity contribution in [3.05, 3.63) is 35.9 Å². The Kier molecular flexibility index (Phi) is 2.41. The molecule has 0 unspecified atom stereocenters. The lowest BCUT2D eigenvalue weighted by atomic mass is 9.85. The van der Waals surface area contributed by atoms with Gasteiger partial charge >= 0.3 is 5.97 Å². The number of hydrogen-bond acceptors (Lipinski definition) is 2. The highest BCUT2D eigenvalue weighted by molar-refractivity contribution is 5.96. The number of aliphatic carboxylic acids is 1. The lowest BCUT2D eigenvalue weighted by Gasteiger charge is -2.33. The van der Waals surface area contributed by atoms with Crippen molar-refractivity contribution in [2.75, 3.05) is 0 Å². The number of β-lactam (4-membered cyclic amide) rings is 1. The van der Waals surface area contributed by atoms with Gasteiger partial charge in [-0.1, -0.05) is 30.3 Å². The smallest absolute Gasteiger partial charge is 0.327 e. The zero-order chi connectivity index (χ0) is 10.8.